The summed E-state index contributed by atoms with van der Waals surface area (Å²) < 4.78 is 32.6. The zero-order valence-corrected chi connectivity index (χ0v) is 16.4. The zero-order chi connectivity index (χ0) is 20.3. The van der Waals surface area contributed by atoms with Crippen LogP contribution >= 0.6 is 11.6 Å². The van der Waals surface area contributed by atoms with E-state index in [1.54, 1.807) is 12.1 Å². The van der Waals surface area contributed by atoms with Gasteiger partial charge in [-0.2, -0.15) is 0 Å². The Morgan fingerprint density at radius 1 is 1.32 bits per heavy atom. The average molecular weight is 411 g/mol. The van der Waals surface area contributed by atoms with Crippen LogP contribution in [-0.4, -0.2) is 29.2 Å². The third-order valence-corrected chi connectivity index (χ3v) is 4.53. The first-order valence-electron chi connectivity index (χ1n) is 9.02. The van der Waals surface area contributed by atoms with E-state index in [0.29, 0.717) is 24.3 Å². The molecule has 1 amide bonds. The largest absolute Gasteiger partial charge is 0.443 e. The van der Waals surface area contributed by atoms with Gasteiger partial charge in [0.25, 0.3) is 0 Å². The molecule has 0 bridgehead atoms. The molecule has 1 aromatic heterocycles. The van der Waals surface area contributed by atoms with Gasteiger partial charge in [-0.05, 0) is 35.7 Å². The van der Waals surface area contributed by atoms with E-state index in [-0.39, 0.29) is 35.7 Å². The normalized spacial score (nSPS) is 16.2. The first-order valence-corrected chi connectivity index (χ1v) is 9.39. The summed E-state index contributed by atoms with van der Waals surface area (Å²) in [4.78, 5) is 19.6. The van der Waals surface area contributed by atoms with E-state index < -0.39 is 17.7 Å². The fraction of sp³-hybridized carbons (Fsp3) is 0.400. The average Bonchev–Trinajstić information content (AvgIpc) is 3.24. The molecule has 0 aliphatic carbocycles. The van der Waals surface area contributed by atoms with E-state index in [0.717, 1.165) is 6.07 Å². The molecule has 0 spiro atoms. The Morgan fingerprint density at radius 3 is 2.75 bits per heavy atom. The Morgan fingerprint density at radius 2 is 2.11 bits per heavy atom. The third-order valence-electron chi connectivity index (χ3n) is 4.33. The molecule has 5 nitrogen and oxygen atoms in total. The van der Waals surface area contributed by atoms with Gasteiger partial charge in [-0.3, -0.25) is 4.79 Å². The van der Waals surface area contributed by atoms with E-state index >= 15 is 0 Å². The number of oxime groups is 1. The maximum atomic E-state index is 14.1. The van der Waals surface area contributed by atoms with Crippen molar-refractivity contribution in [3.05, 3.63) is 58.5 Å². The van der Waals surface area contributed by atoms with E-state index in [9.17, 15) is 13.6 Å². The minimum Gasteiger partial charge on any atom is -0.443 e. The summed E-state index contributed by atoms with van der Waals surface area (Å²) in [6.45, 7) is 4.12. The Labute approximate surface area is 166 Å². The number of hydrogen-bond donors (Lipinski definition) is 0. The molecule has 3 rings (SSSR count). The van der Waals surface area contributed by atoms with Crippen molar-refractivity contribution in [2.45, 2.75) is 39.3 Å². The minimum absolute atomic E-state index is 0.0272. The topological polar surface area (TPSA) is 55.0 Å². The molecular weight excluding hydrogens is 390 g/mol. The number of benzene rings is 1. The van der Waals surface area contributed by atoms with Crippen LogP contribution in [0.25, 0.3) is 0 Å². The van der Waals surface area contributed by atoms with Crippen molar-refractivity contribution >= 4 is 23.2 Å². The van der Waals surface area contributed by atoms with Crippen LogP contribution in [0.5, 0.6) is 0 Å². The van der Waals surface area contributed by atoms with Gasteiger partial charge in [0.1, 0.15) is 17.3 Å². The highest BCUT2D eigenvalue weighted by atomic mass is 35.5. The lowest BCUT2D eigenvalue weighted by atomic mass is 10.1. The van der Waals surface area contributed by atoms with Gasteiger partial charge in [-0.15, -0.1) is 0 Å². The summed E-state index contributed by atoms with van der Waals surface area (Å²) in [7, 11) is 0. The molecular formula is C20H21ClF2N2O3. The maximum Gasteiger partial charge on any atom is 0.223 e. The van der Waals surface area contributed by atoms with E-state index in [1.807, 2.05) is 13.8 Å². The molecule has 1 aliphatic heterocycles. The number of carbonyl (C=O) groups is 1. The lowest BCUT2D eigenvalue weighted by Gasteiger charge is -2.26. The minimum atomic E-state index is -0.683. The molecule has 0 fully saturated rings. The first-order chi connectivity index (χ1) is 13.3. The molecule has 0 radical (unpaired) electrons. The number of carbonyl (C=O) groups excluding carboxylic acids is 1. The number of halogens is 3. The lowest BCUT2D eigenvalue weighted by molar-refractivity contribution is -0.134. The van der Waals surface area contributed by atoms with Gasteiger partial charge in [0.05, 0.1) is 6.54 Å². The Kier molecular flexibility index (Phi) is 6.34. The van der Waals surface area contributed by atoms with Crippen molar-refractivity contribution in [1.29, 1.82) is 0 Å². The van der Waals surface area contributed by atoms with Crippen LogP contribution in [0.2, 0.25) is 5.22 Å². The Balaban J connectivity index is 1.70. The number of nitrogens with zero attached hydrogens (tertiary/aromatic N) is 2. The molecule has 0 N–H and O–H groups in total. The summed E-state index contributed by atoms with van der Waals surface area (Å²) >= 11 is 5.79. The summed E-state index contributed by atoms with van der Waals surface area (Å²) in [5, 5.41) is 4.26. The molecule has 1 aliphatic rings. The second-order valence-electron chi connectivity index (χ2n) is 7.18. The van der Waals surface area contributed by atoms with Crippen molar-refractivity contribution in [2.24, 2.45) is 11.1 Å². The van der Waals surface area contributed by atoms with Crippen molar-refractivity contribution in [1.82, 2.24) is 4.90 Å². The Hall–Kier alpha value is -2.41. The number of furan rings is 1. The second kappa shape index (κ2) is 8.73. The van der Waals surface area contributed by atoms with Gasteiger partial charge < -0.3 is 14.2 Å². The highest BCUT2D eigenvalue weighted by Crippen LogP contribution is 2.23. The number of amides is 1. The van der Waals surface area contributed by atoms with E-state index in [4.69, 9.17) is 20.9 Å². The number of hydrogen-bond acceptors (Lipinski definition) is 4. The quantitative estimate of drug-likeness (QED) is 0.660. The summed E-state index contributed by atoms with van der Waals surface area (Å²) in [6, 6.07) is 6.65. The maximum absolute atomic E-state index is 14.1. The van der Waals surface area contributed by atoms with Gasteiger partial charge in [0, 0.05) is 31.0 Å². The number of rotatable bonds is 7. The highest BCUT2D eigenvalue weighted by Gasteiger charge is 2.28. The molecule has 2 heterocycles. The smallest absolute Gasteiger partial charge is 0.223 e. The molecule has 0 saturated carbocycles. The van der Waals surface area contributed by atoms with Crippen LogP contribution in [-0.2, 0) is 16.2 Å². The first kappa shape index (κ1) is 20.3. The standard InChI is InChI=1S/C20H21ClF2N2O3/c1-12(2)7-20(26)25(10-13-3-4-14(22)8-16(13)23)11-15-9-17(24-28-15)18-5-6-19(21)27-18/h3-6,8,12,15H,7,9-11H2,1-2H3/t15-/m0/s1. The van der Waals surface area contributed by atoms with Crippen molar-refractivity contribution in [2.75, 3.05) is 6.54 Å². The fourth-order valence-electron chi connectivity index (χ4n) is 2.98. The van der Waals surface area contributed by atoms with Gasteiger partial charge in [-0.25, -0.2) is 8.78 Å². The monoisotopic (exact) mass is 410 g/mol. The van der Waals surface area contributed by atoms with Crippen LogP contribution in [0.15, 0.2) is 39.9 Å². The molecule has 8 heteroatoms. The van der Waals surface area contributed by atoms with Crippen LogP contribution < -0.4 is 0 Å². The van der Waals surface area contributed by atoms with Crippen LogP contribution in [0, 0.1) is 17.6 Å². The molecule has 28 heavy (non-hydrogen) atoms. The predicted molar refractivity (Wildman–Crippen MR) is 101 cm³/mol. The fourth-order valence-corrected chi connectivity index (χ4v) is 3.12. The summed E-state index contributed by atoms with van der Waals surface area (Å²) in [6.07, 6.45) is 0.358. The molecule has 2 aromatic rings. The third kappa shape index (κ3) is 5.10. The molecule has 0 unspecified atom stereocenters. The van der Waals surface area contributed by atoms with Crippen molar-refractivity contribution in [3.8, 4) is 0 Å². The molecule has 1 atom stereocenters. The van der Waals surface area contributed by atoms with E-state index in [1.165, 1.54) is 17.0 Å². The predicted octanol–water partition coefficient (Wildman–Crippen LogP) is 4.78. The summed E-state index contributed by atoms with van der Waals surface area (Å²) in [5.74, 6) is -0.809. The Bertz CT molecular complexity index is 882. The van der Waals surface area contributed by atoms with E-state index in [2.05, 4.69) is 5.16 Å². The van der Waals surface area contributed by atoms with Crippen molar-refractivity contribution < 1.29 is 22.8 Å². The van der Waals surface area contributed by atoms with Crippen LogP contribution in [0.1, 0.15) is 38.0 Å². The summed E-state index contributed by atoms with van der Waals surface area (Å²) in [5.41, 5.74) is 0.844. The lowest BCUT2D eigenvalue weighted by Crippen LogP contribution is -2.38. The van der Waals surface area contributed by atoms with Gasteiger partial charge >= 0.3 is 0 Å². The zero-order valence-electron chi connectivity index (χ0n) is 15.6. The second-order valence-corrected chi connectivity index (χ2v) is 7.55. The molecule has 1 aromatic carbocycles. The van der Waals surface area contributed by atoms with Crippen molar-refractivity contribution in [3.63, 3.8) is 0 Å². The molecule has 0 saturated heterocycles. The van der Waals surface area contributed by atoms with Gasteiger partial charge in [0.15, 0.2) is 17.1 Å². The van der Waals surface area contributed by atoms with Gasteiger partial charge in [-0.1, -0.05) is 25.1 Å². The van der Waals surface area contributed by atoms with Crippen LogP contribution in [0.3, 0.4) is 0 Å². The van der Waals surface area contributed by atoms with Crippen LogP contribution in [0.4, 0.5) is 8.78 Å². The van der Waals surface area contributed by atoms with Gasteiger partial charge in [0.2, 0.25) is 5.91 Å². The highest BCUT2D eigenvalue weighted by molar-refractivity contribution is 6.29. The molecule has 150 valence electrons. The SMILES string of the molecule is CC(C)CC(=O)N(Cc1ccc(F)cc1F)C[C@@H]1CC(c2ccc(Cl)o2)=NO1.